The molecule has 1 heterocycles. The molecule has 0 aliphatic heterocycles. The van der Waals surface area contributed by atoms with Gasteiger partial charge in [0.2, 0.25) is 15.9 Å². The van der Waals surface area contributed by atoms with Crippen LogP contribution in [0.3, 0.4) is 0 Å². The van der Waals surface area contributed by atoms with E-state index in [9.17, 15) is 23.3 Å². The van der Waals surface area contributed by atoms with Gasteiger partial charge in [0, 0.05) is 0 Å². The Bertz CT molecular complexity index is 1200. The lowest BCUT2D eigenvalue weighted by Gasteiger charge is -2.30. The van der Waals surface area contributed by atoms with E-state index in [4.69, 9.17) is 0 Å². The molecule has 0 bridgehead atoms. The van der Waals surface area contributed by atoms with Gasteiger partial charge in [0.1, 0.15) is 6.04 Å². The summed E-state index contributed by atoms with van der Waals surface area (Å²) < 4.78 is 29.5. The number of hydrogen-bond acceptors (Lipinski definition) is 7. The number of amides is 1. The zero-order valence-electron chi connectivity index (χ0n) is 17.9. The van der Waals surface area contributed by atoms with E-state index in [2.05, 4.69) is 15.0 Å². The maximum Gasteiger partial charge on any atom is 0.475 e. The Kier molecular flexibility index (Phi) is 7.45. The number of benzene rings is 2. The molecule has 1 amide bonds. The van der Waals surface area contributed by atoms with E-state index in [1.165, 1.54) is 23.5 Å². The highest BCUT2D eigenvalue weighted by atomic mass is 32.2. The summed E-state index contributed by atoms with van der Waals surface area (Å²) in [6, 6.07) is 12.6. The monoisotopic (exact) mass is 487 g/mol. The number of nitrogens with zero attached hydrogens (tertiary/aromatic N) is 1. The maximum atomic E-state index is 13.2. The summed E-state index contributed by atoms with van der Waals surface area (Å²) in [4.78, 5) is 17.4. The van der Waals surface area contributed by atoms with Crippen molar-refractivity contribution in [3.63, 3.8) is 0 Å². The Morgan fingerprint density at radius 3 is 2.61 bits per heavy atom. The summed E-state index contributed by atoms with van der Waals surface area (Å²) in [6.07, 6.45) is 3.62. The molecule has 1 aromatic heterocycles. The van der Waals surface area contributed by atoms with Gasteiger partial charge in [0.05, 0.1) is 26.6 Å². The molecule has 1 unspecified atom stereocenters. The van der Waals surface area contributed by atoms with E-state index in [0.29, 0.717) is 17.9 Å². The highest BCUT2D eigenvalue weighted by Gasteiger charge is 2.34. The number of carbonyl (C=O) groups excluding carboxylic acids is 1. The number of carbonyl (C=O) groups is 1. The first-order chi connectivity index (χ1) is 15.8. The third-order valence-electron chi connectivity index (χ3n) is 6.01. The van der Waals surface area contributed by atoms with Crippen LogP contribution in [0.25, 0.3) is 10.2 Å². The molecule has 11 heteroatoms. The van der Waals surface area contributed by atoms with Crippen LogP contribution in [-0.4, -0.2) is 48.5 Å². The standard InChI is InChI=1S/C22H26BN3O5S2/c27-22(25-21(23(28)29)12-16-7-4-8-16)19(11-15-5-2-1-3-6-15)26-33(30,31)17-9-10-18-20(13-17)32-14-24-18/h1-3,5-6,9-10,13-14,16,19,21,26,28-29H,4,7-8,11-12H2,(H,25,27)/t19-,21?/m0/s1. The van der Waals surface area contributed by atoms with Crippen molar-refractivity contribution in [3.8, 4) is 0 Å². The van der Waals surface area contributed by atoms with Crippen molar-refractivity contribution in [3.05, 3.63) is 59.6 Å². The minimum Gasteiger partial charge on any atom is -0.426 e. The predicted molar refractivity (Wildman–Crippen MR) is 128 cm³/mol. The van der Waals surface area contributed by atoms with Gasteiger partial charge in [-0.1, -0.05) is 49.6 Å². The summed E-state index contributed by atoms with van der Waals surface area (Å²) in [5.74, 6) is -1.13. The van der Waals surface area contributed by atoms with Gasteiger partial charge in [-0.3, -0.25) is 4.79 Å². The Morgan fingerprint density at radius 2 is 1.94 bits per heavy atom. The fourth-order valence-corrected chi connectivity index (χ4v) is 5.93. The quantitative estimate of drug-likeness (QED) is 0.323. The zero-order valence-corrected chi connectivity index (χ0v) is 19.6. The number of thiazole rings is 1. The van der Waals surface area contributed by atoms with E-state index >= 15 is 0 Å². The van der Waals surface area contributed by atoms with Crippen LogP contribution in [0, 0.1) is 5.92 Å². The molecule has 4 N–H and O–H groups in total. The molecule has 1 aliphatic carbocycles. The first-order valence-electron chi connectivity index (χ1n) is 10.9. The molecule has 4 rings (SSSR count). The molecule has 1 saturated carbocycles. The fourth-order valence-electron chi connectivity index (χ4n) is 3.92. The van der Waals surface area contributed by atoms with E-state index in [1.54, 1.807) is 11.6 Å². The molecule has 1 aliphatic rings. The van der Waals surface area contributed by atoms with E-state index in [1.807, 2.05) is 30.3 Å². The molecular weight excluding hydrogens is 461 g/mol. The Labute approximate surface area is 197 Å². The number of nitrogens with one attached hydrogen (secondary N) is 2. The van der Waals surface area contributed by atoms with Crippen LogP contribution >= 0.6 is 11.3 Å². The second-order valence-corrected chi connectivity index (χ2v) is 11.0. The fraction of sp³-hybridized carbons (Fsp3) is 0.364. The van der Waals surface area contributed by atoms with Crippen LogP contribution in [0.15, 0.2) is 58.9 Å². The van der Waals surface area contributed by atoms with Gasteiger partial charge in [0.25, 0.3) is 0 Å². The molecule has 0 spiro atoms. The summed E-state index contributed by atoms with van der Waals surface area (Å²) in [7, 11) is -5.75. The van der Waals surface area contributed by atoms with Crippen LogP contribution in [-0.2, 0) is 21.2 Å². The van der Waals surface area contributed by atoms with Gasteiger partial charge in [-0.05, 0) is 42.5 Å². The van der Waals surface area contributed by atoms with E-state index in [0.717, 1.165) is 29.5 Å². The Hall–Kier alpha value is -2.31. The number of aromatic nitrogens is 1. The lowest BCUT2D eigenvalue weighted by molar-refractivity contribution is -0.123. The van der Waals surface area contributed by atoms with Crippen LogP contribution in [0.5, 0.6) is 0 Å². The van der Waals surface area contributed by atoms with Gasteiger partial charge in [-0.25, -0.2) is 13.4 Å². The molecule has 8 nitrogen and oxygen atoms in total. The van der Waals surface area contributed by atoms with Crippen LogP contribution in [0.4, 0.5) is 0 Å². The molecule has 2 atom stereocenters. The summed E-state index contributed by atoms with van der Waals surface area (Å²) in [6.45, 7) is 0. The van der Waals surface area contributed by atoms with Gasteiger partial charge in [-0.15, -0.1) is 11.3 Å². The molecule has 0 saturated heterocycles. The number of rotatable bonds is 10. The Balaban J connectivity index is 1.55. The van der Waals surface area contributed by atoms with E-state index < -0.39 is 35.0 Å². The lowest BCUT2D eigenvalue weighted by atomic mass is 9.69. The molecule has 3 aromatic rings. The second-order valence-electron chi connectivity index (χ2n) is 8.41. The maximum absolute atomic E-state index is 13.2. The normalized spacial score (nSPS) is 16.2. The minimum atomic E-state index is -4.02. The highest BCUT2D eigenvalue weighted by molar-refractivity contribution is 7.89. The largest absolute Gasteiger partial charge is 0.475 e. The summed E-state index contributed by atoms with van der Waals surface area (Å²) in [5.41, 5.74) is 3.12. The highest BCUT2D eigenvalue weighted by Crippen LogP contribution is 2.30. The van der Waals surface area contributed by atoms with Crippen molar-refractivity contribution >= 4 is 44.6 Å². The molecule has 0 radical (unpaired) electrons. The van der Waals surface area contributed by atoms with Crippen molar-refractivity contribution in [1.29, 1.82) is 0 Å². The average Bonchev–Trinajstić information content (AvgIpc) is 3.23. The summed E-state index contributed by atoms with van der Waals surface area (Å²) >= 11 is 1.33. The predicted octanol–water partition coefficient (Wildman–Crippen LogP) is 1.87. The third kappa shape index (κ3) is 5.98. The first kappa shape index (κ1) is 23.8. The van der Waals surface area contributed by atoms with E-state index in [-0.39, 0.29) is 11.3 Å². The topological polar surface area (TPSA) is 129 Å². The number of sulfonamides is 1. The van der Waals surface area contributed by atoms with Crippen molar-refractivity contribution in [2.45, 2.75) is 49.0 Å². The number of hydrogen-bond donors (Lipinski definition) is 4. The van der Waals surface area contributed by atoms with Gasteiger partial charge < -0.3 is 15.4 Å². The van der Waals surface area contributed by atoms with Crippen molar-refractivity contribution < 1.29 is 23.3 Å². The van der Waals surface area contributed by atoms with Crippen LogP contribution in [0.1, 0.15) is 31.2 Å². The average molecular weight is 487 g/mol. The zero-order chi connectivity index (χ0) is 23.4. The smallest absolute Gasteiger partial charge is 0.426 e. The van der Waals surface area contributed by atoms with Crippen LogP contribution in [0.2, 0.25) is 0 Å². The molecule has 2 aromatic carbocycles. The molecule has 174 valence electrons. The first-order valence-corrected chi connectivity index (χ1v) is 13.2. The van der Waals surface area contributed by atoms with Crippen molar-refractivity contribution in [2.24, 2.45) is 5.92 Å². The van der Waals surface area contributed by atoms with Crippen molar-refractivity contribution in [2.75, 3.05) is 0 Å². The molecule has 33 heavy (non-hydrogen) atoms. The summed E-state index contributed by atoms with van der Waals surface area (Å²) in [5, 5.41) is 22.2. The Morgan fingerprint density at radius 1 is 1.18 bits per heavy atom. The number of fused-ring (bicyclic) bond motifs is 1. The SMILES string of the molecule is O=C(NC(CC1CCC1)B(O)O)[C@H](Cc1ccccc1)NS(=O)(=O)c1ccc2ncsc2c1. The minimum absolute atomic E-state index is 0.0401. The van der Waals surface area contributed by atoms with Crippen molar-refractivity contribution in [1.82, 2.24) is 15.0 Å². The van der Waals surface area contributed by atoms with Gasteiger partial charge >= 0.3 is 7.12 Å². The lowest BCUT2D eigenvalue weighted by Crippen LogP contribution is -2.55. The molecular formula is C22H26BN3O5S2. The van der Waals surface area contributed by atoms with Gasteiger partial charge in [-0.2, -0.15) is 4.72 Å². The molecule has 1 fully saturated rings. The third-order valence-corrected chi connectivity index (χ3v) is 8.27. The second kappa shape index (κ2) is 10.3. The van der Waals surface area contributed by atoms with Crippen LogP contribution < -0.4 is 10.0 Å². The van der Waals surface area contributed by atoms with Gasteiger partial charge in [0.15, 0.2) is 0 Å².